The van der Waals surface area contributed by atoms with Gasteiger partial charge in [-0.2, -0.15) is 0 Å². The van der Waals surface area contributed by atoms with E-state index in [4.69, 9.17) is 4.74 Å². The van der Waals surface area contributed by atoms with Crippen molar-refractivity contribution in [1.29, 1.82) is 0 Å². The molecule has 2 fully saturated rings. The maximum absolute atomic E-state index is 5.77. The Kier molecular flexibility index (Phi) is 4.78. The van der Waals surface area contributed by atoms with E-state index in [1.807, 2.05) is 6.92 Å². The number of piperazine rings is 1. The summed E-state index contributed by atoms with van der Waals surface area (Å²) in [5.41, 5.74) is 1.32. The highest BCUT2D eigenvalue weighted by molar-refractivity contribution is 5.36. The largest absolute Gasteiger partial charge is 0.494 e. The van der Waals surface area contributed by atoms with Crippen LogP contribution in [0.4, 0.5) is 0 Å². The van der Waals surface area contributed by atoms with Gasteiger partial charge < -0.3 is 10.1 Å². The van der Waals surface area contributed by atoms with Crippen LogP contribution in [0.1, 0.15) is 25.5 Å². The molecule has 21 heavy (non-hydrogen) atoms. The van der Waals surface area contributed by atoms with Crippen molar-refractivity contribution in [3.05, 3.63) is 29.8 Å². The Morgan fingerprint density at radius 2 is 1.95 bits per heavy atom. The quantitative estimate of drug-likeness (QED) is 0.893. The third-order valence-electron chi connectivity index (χ3n) is 4.78. The van der Waals surface area contributed by atoms with Crippen molar-refractivity contribution >= 4 is 0 Å². The molecule has 116 valence electrons. The lowest BCUT2D eigenvalue weighted by Crippen LogP contribution is -2.62. The van der Waals surface area contributed by atoms with Gasteiger partial charge in [0.25, 0.3) is 0 Å². The molecule has 4 heteroatoms. The number of benzene rings is 1. The van der Waals surface area contributed by atoms with E-state index in [0.29, 0.717) is 6.04 Å². The lowest BCUT2D eigenvalue weighted by molar-refractivity contribution is 0.00287. The Balaban J connectivity index is 1.58. The summed E-state index contributed by atoms with van der Waals surface area (Å²) in [5, 5.41) is 3.43. The van der Waals surface area contributed by atoms with Gasteiger partial charge in [0.05, 0.1) is 6.61 Å². The van der Waals surface area contributed by atoms with E-state index < -0.39 is 0 Å². The van der Waals surface area contributed by atoms with E-state index in [9.17, 15) is 0 Å². The molecule has 4 nitrogen and oxygen atoms in total. The maximum Gasteiger partial charge on any atom is 0.124 e. The highest BCUT2D eigenvalue weighted by Gasteiger charge is 2.35. The molecule has 0 amide bonds. The standard InChI is InChI=1S/C17H27N3O/c1-3-21-17-7-5-4-6-16(17)14(2)20-12-15(13-20)19-10-8-18-9-11-19/h4-7,14-15,18H,3,8-13H2,1-2H3. The van der Waals surface area contributed by atoms with E-state index in [1.165, 1.54) is 31.7 Å². The first-order chi connectivity index (χ1) is 10.3. The minimum Gasteiger partial charge on any atom is -0.494 e. The van der Waals surface area contributed by atoms with E-state index in [2.05, 4.69) is 46.3 Å². The molecule has 1 aromatic carbocycles. The molecule has 0 saturated carbocycles. The van der Waals surface area contributed by atoms with Crippen LogP contribution in [0.15, 0.2) is 24.3 Å². The zero-order chi connectivity index (χ0) is 14.7. The maximum atomic E-state index is 5.77. The van der Waals surface area contributed by atoms with Gasteiger partial charge in [0.15, 0.2) is 0 Å². The van der Waals surface area contributed by atoms with E-state index >= 15 is 0 Å². The highest BCUT2D eigenvalue weighted by atomic mass is 16.5. The first-order valence-electron chi connectivity index (χ1n) is 8.20. The average Bonchev–Trinajstić information content (AvgIpc) is 2.48. The van der Waals surface area contributed by atoms with Crippen LogP contribution in [0.3, 0.4) is 0 Å². The van der Waals surface area contributed by atoms with Crippen molar-refractivity contribution in [2.24, 2.45) is 0 Å². The third kappa shape index (κ3) is 3.23. The molecule has 1 aromatic rings. The second-order valence-corrected chi connectivity index (χ2v) is 6.04. The fraction of sp³-hybridized carbons (Fsp3) is 0.647. The van der Waals surface area contributed by atoms with Gasteiger partial charge in [0.1, 0.15) is 5.75 Å². The van der Waals surface area contributed by atoms with Crippen LogP contribution in [-0.4, -0.2) is 61.7 Å². The number of likely N-dealkylation sites (tertiary alicyclic amines) is 1. The molecule has 2 saturated heterocycles. The van der Waals surface area contributed by atoms with Crippen LogP contribution in [-0.2, 0) is 0 Å². The van der Waals surface area contributed by atoms with Crippen LogP contribution in [0.5, 0.6) is 5.75 Å². The molecule has 1 unspecified atom stereocenters. The zero-order valence-corrected chi connectivity index (χ0v) is 13.2. The zero-order valence-electron chi connectivity index (χ0n) is 13.2. The van der Waals surface area contributed by atoms with Crippen molar-refractivity contribution in [1.82, 2.24) is 15.1 Å². The minimum atomic E-state index is 0.437. The number of hydrogen-bond donors (Lipinski definition) is 1. The molecule has 0 aromatic heterocycles. The molecule has 0 radical (unpaired) electrons. The van der Waals surface area contributed by atoms with Crippen molar-refractivity contribution in [3.63, 3.8) is 0 Å². The predicted octanol–water partition coefficient (Wildman–Crippen LogP) is 1.74. The molecule has 2 heterocycles. The van der Waals surface area contributed by atoms with Crippen molar-refractivity contribution < 1.29 is 4.74 Å². The number of rotatable bonds is 5. The van der Waals surface area contributed by atoms with Gasteiger partial charge in [-0.25, -0.2) is 0 Å². The van der Waals surface area contributed by atoms with Gasteiger partial charge in [0, 0.05) is 56.9 Å². The first kappa shape index (κ1) is 14.8. The number of para-hydroxylation sites is 1. The topological polar surface area (TPSA) is 27.7 Å². The molecule has 3 rings (SSSR count). The van der Waals surface area contributed by atoms with Crippen LogP contribution in [0, 0.1) is 0 Å². The average molecular weight is 289 g/mol. The van der Waals surface area contributed by atoms with E-state index in [0.717, 1.165) is 31.5 Å². The molecule has 2 aliphatic heterocycles. The number of nitrogens with zero attached hydrogens (tertiary/aromatic N) is 2. The Hall–Kier alpha value is -1.10. The van der Waals surface area contributed by atoms with Gasteiger partial charge >= 0.3 is 0 Å². The molecule has 0 spiro atoms. The second kappa shape index (κ2) is 6.77. The third-order valence-corrected chi connectivity index (χ3v) is 4.78. The SMILES string of the molecule is CCOc1ccccc1C(C)N1CC(N2CCNCC2)C1. The summed E-state index contributed by atoms with van der Waals surface area (Å²) in [6.45, 7) is 12.1. The van der Waals surface area contributed by atoms with Gasteiger partial charge in [-0.3, -0.25) is 9.80 Å². The fourth-order valence-corrected chi connectivity index (χ4v) is 3.39. The van der Waals surface area contributed by atoms with Crippen molar-refractivity contribution in [2.75, 3.05) is 45.9 Å². The summed E-state index contributed by atoms with van der Waals surface area (Å²) in [7, 11) is 0. The summed E-state index contributed by atoms with van der Waals surface area (Å²) < 4.78 is 5.77. The van der Waals surface area contributed by atoms with Gasteiger partial charge in [-0.1, -0.05) is 18.2 Å². The molecule has 1 N–H and O–H groups in total. The summed E-state index contributed by atoms with van der Waals surface area (Å²) >= 11 is 0. The number of ether oxygens (including phenoxy) is 1. The van der Waals surface area contributed by atoms with Gasteiger partial charge in [-0.05, 0) is 19.9 Å². The van der Waals surface area contributed by atoms with Crippen LogP contribution in [0.2, 0.25) is 0 Å². The van der Waals surface area contributed by atoms with Gasteiger partial charge in [-0.15, -0.1) is 0 Å². The predicted molar refractivity (Wildman–Crippen MR) is 85.8 cm³/mol. The van der Waals surface area contributed by atoms with Crippen LogP contribution < -0.4 is 10.1 Å². The summed E-state index contributed by atoms with van der Waals surface area (Å²) in [6.07, 6.45) is 0. The first-order valence-corrected chi connectivity index (χ1v) is 8.20. The number of nitrogens with one attached hydrogen (secondary N) is 1. The molecular weight excluding hydrogens is 262 g/mol. The second-order valence-electron chi connectivity index (χ2n) is 6.04. The fourth-order valence-electron chi connectivity index (χ4n) is 3.39. The Bertz CT molecular complexity index is 453. The van der Waals surface area contributed by atoms with Crippen molar-refractivity contribution in [2.45, 2.75) is 25.9 Å². The normalized spacial score (nSPS) is 22.8. The summed E-state index contributed by atoms with van der Waals surface area (Å²) in [4.78, 5) is 5.19. The van der Waals surface area contributed by atoms with E-state index in [1.54, 1.807) is 0 Å². The van der Waals surface area contributed by atoms with Gasteiger partial charge in [0.2, 0.25) is 0 Å². The molecule has 0 bridgehead atoms. The molecule has 2 aliphatic rings. The summed E-state index contributed by atoms with van der Waals surface area (Å²) in [6, 6.07) is 9.64. The lowest BCUT2D eigenvalue weighted by atomic mass is 9.98. The smallest absolute Gasteiger partial charge is 0.124 e. The Labute approximate surface area is 128 Å². The minimum absolute atomic E-state index is 0.437. The summed E-state index contributed by atoms with van der Waals surface area (Å²) in [5.74, 6) is 1.04. The molecule has 0 aliphatic carbocycles. The van der Waals surface area contributed by atoms with Crippen LogP contribution >= 0.6 is 0 Å². The highest BCUT2D eigenvalue weighted by Crippen LogP contribution is 2.33. The van der Waals surface area contributed by atoms with Crippen LogP contribution in [0.25, 0.3) is 0 Å². The molecular formula is C17H27N3O. The Morgan fingerprint density at radius 3 is 2.67 bits per heavy atom. The number of hydrogen-bond acceptors (Lipinski definition) is 4. The Morgan fingerprint density at radius 1 is 1.24 bits per heavy atom. The lowest BCUT2D eigenvalue weighted by Gasteiger charge is -2.49. The molecule has 1 atom stereocenters. The monoisotopic (exact) mass is 289 g/mol. The van der Waals surface area contributed by atoms with Crippen molar-refractivity contribution in [3.8, 4) is 5.75 Å². The van der Waals surface area contributed by atoms with E-state index in [-0.39, 0.29) is 0 Å².